The number of rotatable bonds is 8. The Morgan fingerprint density at radius 1 is 1.03 bits per heavy atom. The summed E-state index contributed by atoms with van der Waals surface area (Å²) in [6.45, 7) is 5.45. The highest BCUT2D eigenvalue weighted by Crippen LogP contribution is 2.25. The zero-order valence-corrected chi connectivity index (χ0v) is 20.4. The Balaban J connectivity index is 1.26. The summed E-state index contributed by atoms with van der Waals surface area (Å²) in [6, 6.07) is 14.7. The maximum absolute atomic E-state index is 12.9. The van der Waals surface area contributed by atoms with Crippen LogP contribution in [0, 0.1) is 5.92 Å². The smallest absolute Gasteiger partial charge is 0.243 e. The van der Waals surface area contributed by atoms with Gasteiger partial charge in [0.1, 0.15) is 5.75 Å². The lowest BCUT2D eigenvalue weighted by Gasteiger charge is -2.30. The van der Waals surface area contributed by atoms with Gasteiger partial charge in [0, 0.05) is 45.2 Å². The Morgan fingerprint density at radius 3 is 2.38 bits per heavy atom. The summed E-state index contributed by atoms with van der Waals surface area (Å²) in [6.07, 6.45) is 1.02. The number of carbonyl (C=O) groups is 1. The molecule has 1 N–H and O–H groups in total. The number of nitrogens with one attached hydrogen (secondary N) is 1. The second-order valence-electron chi connectivity index (χ2n) is 8.78. The topological polar surface area (TPSA) is 88.2 Å². The molecule has 1 amide bonds. The molecule has 184 valence electrons. The van der Waals surface area contributed by atoms with Crippen LogP contribution in [0.5, 0.6) is 5.75 Å². The third kappa shape index (κ3) is 6.15. The van der Waals surface area contributed by atoms with Gasteiger partial charge in [-0.05, 0) is 48.2 Å². The molecule has 2 aliphatic rings. The molecule has 0 aromatic heterocycles. The first-order chi connectivity index (χ1) is 16.5. The number of ether oxygens (including phenoxy) is 2. The van der Waals surface area contributed by atoms with Crippen molar-refractivity contribution in [3.8, 4) is 5.75 Å². The van der Waals surface area contributed by atoms with Gasteiger partial charge in [0.05, 0.1) is 25.2 Å². The van der Waals surface area contributed by atoms with Gasteiger partial charge in [-0.3, -0.25) is 9.69 Å². The molecule has 0 aliphatic carbocycles. The number of carbonyl (C=O) groups excluding carboxylic acids is 1. The van der Waals surface area contributed by atoms with Crippen LogP contribution in [-0.4, -0.2) is 70.0 Å². The van der Waals surface area contributed by atoms with Crippen LogP contribution in [0.15, 0.2) is 53.4 Å². The second kappa shape index (κ2) is 11.3. The van der Waals surface area contributed by atoms with E-state index in [2.05, 4.69) is 22.3 Å². The van der Waals surface area contributed by atoms with Gasteiger partial charge in [-0.25, -0.2) is 8.42 Å². The summed E-state index contributed by atoms with van der Waals surface area (Å²) in [5.74, 6) is 0.417. The fraction of sp³-hybridized carbons (Fsp3) is 0.480. The average molecular weight is 488 g/mol. The number of nitrogens with zero attached hydrogens (tertiary/aromatic N) is 2. The van der Waals surface area contributed by atoms with Crippen LogP contribution in [0.2, 0.25) is 0 Å². The molecular weight excluding hydrogens is 454 g/mol. The van der Waals surface area contributed by atoms with Crippen molar-refractivity contribution in [2.45, 2.75) is 30.8 Å². The fourth-order valence-corrected chi connectivity index (χ4v) is 5.91. The average Bonchev–Trinajstić information content (AvgIpc) is 2.88. The van der Waals surface area contributed by atoms with E-state index in [1.807, 2.05) is 12.1 Å². The fourth-order valence-electron chi connectivity index (χ4n) is 4.44. The van der Waals surface area contributed by atoms with Crippen molar-refractivity contribution in [1.29, 1.82) is 0 Å². The number of sulfonamides is 1. The molecule has 2 aliphatic heterocycles. The quantitative estimate of drug-likeness (QED) is 0.615. The van der Waals surface area contributed by atoms with Crippen LogP contribution in [-0.2, 0) is 32.6 Å². The van der Waals surface area contributed by atoms with Gasteiger partial charge in [-0.15, -0.1) is 0 Å². The van der Waals surface area contributed by atoms with E-state index in [1.54, 1.807) is 31.4 Å². The summed E-state index contributed by atoms with van der Waals surface area (Å²) >= 11 is 0. The number of benzene rings is 2. The van der Waals surface area contributed by atoms with Gasteiger partial charge in [-0.2, -0.15) is 4.31 Å². The van der Waals surface area contributed by atoms with Crippen LogP contribution in [0.1, 0.15) is 24.0 Å². The zero-order valence-electron chi connectivity index (χ0n) is 19.6. The summed E-state index contributed by atoms with van der Waals surface area (Å²) in [4.78, 5) is 15.4. The molecule has 2 saturated heterocycles. The number of morpholine rings is 1. The Bertz CT molecular complexity index is 1060. The van der Waals surface area contributed by atoms with Gasteiger partial charge in [0.25, 0.3) is 0 Å². The van der Waals surface area contributed by atoms with E-state index in [1.165, 1.54) is 9.87 Å². The zero-order chi connectivity index (χ0) is 24.0. The normalized spacial score (nSPS) is 18.5. The number of hydrogen-bond donors (Lipinski definition) is 1. The Kier molecular flexibility index (Phi) is 8.20. The molecule has 2 heterocycles. The van der Waals surface area contributed by atoms with E-state index in [0.29, 0.717) is 38.2 Å². The highest BCUT2D eigenvalue weighted by molar-refractivity contribution is 7.89. The third-order valence-electron chi connectivity index (χ3n) is 6.49. The molecule has 34 heavy (non-hydrogen) atoms. The highest BCUT2D eigenvalue weighted by Gasteiger charge is 2.32. The maximum Gasteiger partial charge on any atom is 0.243 e. The number of methoxy groups -OCH3 is 1. The summed E-state index contributed by atoms with van der Waals surface area (Å²) in [5, 5.41) is 3.04. The minimum atomic E-state index is -3.57. The summed E-state index contributed by atoms with van der Waals surface area (Å²) in [7, 11) is -2.03. The highest BCUT2D eigenvalue weighted by atomic mass is 32.2. The molecule has 0 atom stereocenters. The molecule has 0 saturated carbocycles. The van der Waals surface area contributed by atoms with Crippen molar-refractivity contribution < 1.29 is 22.7 Å². The maximum atomic E-state index is 12.9. The van der Waals surface area contributed by atoms with E-state index >= 15 is 0 Å². The van der Waals surface area contributed by atoms with Crippen LogP contribution < -0.4 is 10.1 Å². The lowest BCUT2D eigenvalue weighted by atomic mass is 9.97. The lowest BCUT2D eigenvalue weighted by molar-refractivity contribution is -0.126. The first-order valence-electron chi connectivity index (χ1n) is 11.8. The van der Waals surface area contributed by atoms with E-state index in [-0.39, 0.29) is 16.7 Å². The molecule has 2 aromatic carbocycles. The molecular formula is C25H33N3O5S. The van der Waals surface area contributed by atoms with Crippen LogP contribution in [0.3, 0.4) is 0 Å². The molecule has 0 unspecified atom stereocenters. The first kappa shape index (κ1) is 24.7. The molecule has 2 fully saturated rings. The van der Waals surface area contributed by atoms with Gasteiger partial charge >= 0.3 is 0 Å². The predicted octanol–water partition coefficient (Wildman–Crippen LogP) is 2.24. The number of hydrogen-bond acceptors (Lipinski definition) is 6. The monoisotopic (exact) mass is 487 g/mol. The van der Waals surface area contributed by atoms with Crippen LogP contribution >= 0.6 is 0 Å². The van der Waals surface area contributed by atoms with Gasteiger partial charge < -0.3 is 14.8 Å². The van der Waals surface area contributed by atoms with Crippen molar-refractivity contribution in [2.75, 3.05) is 46.5 Å². The van der Waals surface area contributed by atoms with E-state index in [4.69, 9.17) is 9.47 Å². The van der Waals surface area contributed by atoms with Crippen LogP contribution in [0.4, 0.5) is 0 Å². The lowest BCUT2D eigenvalue weighted by Crippen LogP contribution is -2.42. The second-order valence-corrected chi connectivity index (χ2v) is 10.7. The minimum absolute atomic E-state index is 0.0138. The number of amides is 1. The predicted molar refractivity (Wildman–Crippen MR) is 129 cm³/mol. The van der Waals surface area contributed by atoms with Crippen molar-refractivity contribution in [3.05, 3.63) is 59.7 Å². The Labute approximate surface area is 201 Å². The molecule has 9 heteroatoms. The van der Waals surface area contributed by atoms with Crippen molar-refractivity contribution in [1.82, 2.24) is 14.5 Å². The molecule has 8 nitrogen and oxygen atoms in total. The van der Waals surface area contributed by atoms with E-state index in [9.17, 15) is 13.2 Å². The summed E-state index contributed by atoms with van der Waals surface area (Å²) < 4.78 is 37.8. The summed E-state index contributed by atoms with van der Waals surface area (Å²) in [5.41, 5.74) is 2.30. The van der Waals surface area contributed by atoms with Gasteiger partial charge in [0.15, 0.2) is 0 Å². The SMILES string of the molecule is COc1ccc(S(=O)(=O)N2CCC(C(=O)NCc3cccc(CN4CCOCC4)c3)CC2)cc1. The minimum Gasteiger partial charge on any atom is -0.497 e. The molecule has 2 aromatic rings. The third-order valence-corrected chi connectivity index (χ3v) is 8.40. The van der Waals surface area contributed by atoms with Crippen LogP contribution in [0.25, 0.3) is 0 Å². The van der Waals surface area contributed by atoms with Gasteiger partial charge in [-0.1, -0.05) is 24.3 Å². The van der Waals surface area contributed by atoms with Crippen molar-refractivity contribution >= 4 is 15.9 Å². The molecule has 0 radical (unpaired) electrons. The molecule has 4 rings (SSSR count). The molecule has 0 spiro atoms. The van der Waals surface area contributed by atoms with E-state index < -0.39 is 10.0 Å². The van der Waals surface area contributed by atoms with Crippen molar-refractivity contribution in [2.24, 2.45) is 5.92 Å². The number of piperidine rings is 1. The largest absolute Gasteiger partial charge is 0.497 e. The standard InChI is InChI=1S/C25H33N3O5S/c1-32-23-5-7-24(8-6-23)34(30,31)28-11-9-22(10-12-28)25(29)26-18-20-3-2-4-21(17-20)19-27-13-15-33-16-14-27/h2-8,17,22H,9-16,18-19H2,1H3,(H,26,29). The van der Waals surface area contributed by atoms with E-state index in [0.717, 1.165) is 38.4 Å². The Morgan fingerprint density at radius 2 is 1.71 bits per heavy atom. The van der Waals surface area contributed by atoms with Crippen molar-refractivity contribution in [3.63, 3.8) is 0 Å². The van der Waals surface area contributed by atoms with Gasteiger partial charge in [0.2, 0.25) is 15.9 Å². The first-order valence-corrected chi connectivity index (χ1v) is 13.2. The Hall–Kier alpha value is -2.46. The molecule has 0 bridgehead atoms.